The molecule has 0 spiro atoms. The van der Waals surface area contributed by atoms with Gasteiger partial charge in [0.1, 0.15) is 0 Å². The lowest BCUT2D eigenvalue weighted by Crippen LogP contribution is -2.46. The summed E-state index contributed by atoms with van der Waals surface area (Å²) in [6.07, 6.45) is 0. The third kappa shape index (κ3) is 4.34. The van der Waals surface area contributed by atoms with Crippen LogP contribution in [0.15, 0.2) is 53.3 Å². The minimum atomic E-state index is -0.601. The van der Waals surface area contributed by atoms with Gasteiger partial charge in [0.2, 0.25) is 0 Å². The highest BCUT2D eigenvalue weighted by Gasteiger charge is 2.29. The van der Waals surface area contributed by atoms with Gasteiger partial charge in [0, 0.05) is 34.3 Å². The fraction of sp³-hybridized carbons (Fsp3) is 0.273. The molecule has 1 aromatic heterocycles. The number of fused-ring (bicyclic) bond motifs is 1. The number of H-pyrrole nitrogens is 1. The smallest absolute Gasteiger partial charge is 0.270 e. The highest BCUT2D eigenvalue weighted by molar-refractivity contribution is 5.95. The van der Waals surface area contributed by atoms with Crippen LogP contribution < -0.4 is 5.56 Å². The van der Waals surface area contributed by atoms with E-state index in [1.165, 1.54) is 18.2 Å². The number of amides is 1. The van der Waals surface area contributed by atoms with Crippen LogP contribution in [0.25, 0.3) is 10.9 Å². The maximum absolute atomic E-state index is 13.2. The zero-order valence-corrected chi connectivity index (χ0v) is 16.9. The van der Waals surface area contributed by atoms with Crippen LogP contribution in [0.4, 0.5) is 5.69 Å². The van der Waals surface area contributed by atoms with Crippen LogP contribution in [0.5, 0.6) is 0 Å². The van der Waals surface area contributed by atoms with Gasteiger partial charge in [-0.1, -0.05) is 18.2 Å². The molecular formula is C22H23N3O4. The number of pyridine rings is 1. The molecule has 1 heterocycles. The lowest BCUT2D eigenvalue weighted by atomic mass is 10.0. The van der Waals surface area contributed by atoms with Gasteiger partial charge in [-0.25, -0.2) is 0 Å². The highest BCUT2D eigenvalue weighted by atomic mass is 16.6. The molecule has 0 aliphatic heterocycles. The molecule has 1 N–H and O–H groups in total. The predicted octanol–water partition coefficient (Wildman–Crippen LogP) is 4.19. The lowest BCUT2D eigenvalue weighted by molar-refractivity contribution is -0.384. The number of hydrogen-bond donors (Lipinski definition) is 1. The topological polar surface area (TPSA) is 96.3 Å². The van der Waals surface area contributed by atoms with Gasteiger partial charge in [-0.05, 0) is 56.8 Å². The molecule has 29 heavy (non-hydrogen) atoms. The van der Waals surface area contributed by atoms with Crippen molar-refractivity contribution >= 4 is 22.5 Å². The Labute approximate surface area is 168 Å². The number of non-ortho nitro benzene ring substituents is 1. The number of rotatable bonds is 4. The predicted molar refractivity (Wildman–Crippen MR) is 112 cm³/mol. The Balaban J connectivity index is 2.01. The first kappa shape index (κ1) is 20.3. The number of nitrogens with zero attached hydrogens (tertiary/aromatic N) is 2. The second-order valence-electron chi connectivity index (χ2n) is 8.08. The quantitative estimate of drug-likeness (QED) is 0.531. The maximum Gasteiger partial charge on any atom is 0.270 e. The molecular weight excluding hydrogens is 370 g/mol. The van der Waals surface area contributed by atoms with Gasteiger partial charge in [0.25, 0.3) is 17.2 Å². The van der Waals surface area contributed by atoms with Crippen LogP contribution in [-0.2, 0) is 6.54 Å². The van der Waals surface area contributed by atoms with Gasteiger partial charge in [0.05, 0.1) is 11.5 Å². The number of nitrogens with one attached hydrogen (secondary N) is 1. The summed E-state index contributed by atoms with van der Waals surface area (Å²) < 4.78 is 0. The van der Waals surface area contributed by atoms with Crippen molar-refractivity contribution < 1.29 is 9.72 Å². The van der Waals surface area contributed by atoms with Crippen molar-refractivity contribution in [3.05, 3.63) is 85.7 Å². The molecule has 0 aliphatic rings. The largest absolute Gasteiger partial charge is 0.329 e. The molecule has 0 radical (unpaired) electrons. The van der Waals surface area contributed by atoms with Gasteiger partial charge < -0.3 is 9.88 Å². The Morgan fingerprint density at radius 2 is 1.86 bits per heavy atom. The number of hydrogen-bond acceptors (Lipinski definition) is 4. The third-order valence-corrected chi connectivity index (χ3v) is 4.77. The van der Waals surface area contributed by atoms with E-state index in [0.29, 0.717) is 5.56 Å². The molecule has 0 bridgehead atoms. The normalized spacial score (nSPS) is 11.4. The molecule has 3 rings (SSSR count). The molecule has 0 fully saturated rings. The van der Waals surface area contributed by atoms with E-state index >= 15 is 0 Å². The van der Waals surface area contributed by atoms with E-state index < -0.39 is 10.5 Å². The van der Waals surface area contributed by atoms with Gasteiger partial charge in [0.15, 0.2) is 0 Å². The fourth-order valence-corrected chi connectivity index (χ4v) is 3.17. The van der Waals surface area contributed by atoms with E-state index in [1.54, 1.807) is 17.0 Å². The third-order valence-electron chi connectivity index (χ3n) is 4.77. The molecule has 0 unspecified atom stereocenters. The second-order valence-corrected chi connectivity index (χ2v) is 8.08. The Kier molecular flexibility index (Phi) is 5.24. The summed E-state index contributed by atoms with van der Waals surface area (Å²) in [7, 11) is 0. The Hall–Kier alpha value is -3.48. The van der Waals surface area contributed by atoms with E-state index in [1.807, 2.05) is 45.9 Å². The Morgan fingerprint density at radius 3 is 2.52 bits per heavy atom. The number of carbonyl (C=O) groups excluding carboxylic acids is 1. The van der Waals surface area contributed by atoms with E-state index in [-0.39, 0.29) is 29.3 Å². The first-order valence-corrected chi connectivity index (χ1v) is 9.25. The van der Waals surface area contributed by atoms with Crippen LogP contribution >= 0.6 is 0 Å². The Bertz CT molecular complexity index is 1160. The van der Waals surface area contributed by atoms with Gasteiger partial charge in [-0.2, -0.15) is 0 Å². The number of nitro benzene ring substituents is 1. The fourth-order valence-electron chi connectivity index (χ4n) is 3.17. The van der Waals surface area contributed by atoms with Crippen LogP contribution in [0, 0.1) is 17.0 Å². The maximum atomic E-state index is 13.2. The molecule has 2 aromatic carbocycles. The number of nitro groups is 1. The van der Waals surface area contributed by atoms with E-state index in [0.717, 1.165) is 16.5 Å². The van der Waals surface area contributed by atoms with Crippen molar-refractivity contribution in [2.45, 2.75) is 39.8 Å². The van der Waals surface area contributed by atoms with E-state index in [2.05, 4.69) is 4.98 Å². The number of aromatic amines is 1. The molecule has 7 heteroatoms. The zero-order valence-electron chi connectivity index (χ0n) is 16.9. The lowest BCUT2D eigenvalue weighted by Gasteiger charge is -2.35. The van der Waals surface area contributed by atoms with Gasteiger partial charge in [-0.3, -0.25) is 19.7 Å². The number of carbonyl (C=O) groups is 1. The summed E-state index contributed by atoms with van der Waals surface area (Å²) in [5.74, 6) is -0.371. The van der Waals surface area contributed by atoms with Gasteiger partial charge in [-0.15, -0.1) is 0 Å². The SMILES string of the molecule is Cc1ccc2cc(CN(C(=O)c3cccc([N+](=O)[O-])c3)C(C)(C)C)c(=O)[nH]c2c1. The monoisotopic (exact) mass is 393 g/mol. The minimum absolute atomic E-state index is 0.0875. The summed E-state index contributed by atoms with van der Waals surface area (Å²) >= 11 is 0. The number of aromatic nitrogens is 1. The highest BCUT2D eigenvalue weighted by Crippen LogP contribution is 2.23. The van der Waals surface area contributed by atoms with Crippen molar-refractivity contribution in [2.75, 3.05) is 0 Å². The number of aryl methyl sites for hydroxylation is 1. The minimum Gasteiger partial charge on any atom is -0.329 e. The number of benzene rings is 2. The van der Waals surface area contributed by atoms with Crippen LogP contribution in [-0.4, -0.2) is 26.3 Å². The van der Waals surface area contributed by atoms with Crippen molar-refractivity contribution in [1.82, 2.24) is 9.88 Å². The summed E-state index contributed by atoms with van der Waals surface area (Å²) in [5.41, 5.74) is 1.44. The second kappa shape index (κ2) is 7.50. The van der Waals surface area contributed by atoms with Crippen molar-refractivity contribution in [1.29, 1.82) is 0 Å². The summed E-state index contributed by atoms with van der Waals surface area (Å²) in [6.45, 7) is 7.62. The van der Waals surface area contributed by atoms with Gasteiger partial charge >= 0.3 is 0 Å². The first-order chi connectivity index (χ1) is 13.6. The van der Waals surface area contributed by atoms with E-state index in [9.17, 15) is 19.7 Å². The molecule has 1 amide bonds. The van der Waals surface area contributed by atoms with E-state index in [4.69, 9.17) is 0 Å². The van der Waals surface area contributed by atoms with Crippen molar-refractivity contribution in [2.24, 2.45) is 0 Å². The summed E-state index contributed by atoms with van der Waals surface area (Å²) in [6, 6.07) is 13.2. The molecule has 0 atom stereocenters. The molecule has 0 saturated carbocycles. The van der Waals surface area contributed by atoms with Crippen LogP contribution in [0.2, 0.25) is 0 Å². The first-order valence-electron chi connectivity index (χ1n) is 9.25. The molecule has 7 nitrogen and oxygen atoms in total. The average molecular weight is 393 g/mol. The zero-order chi connectivity index (χ0) is 21.3. The summed E-state index contributed by atoms with van der Waals surface area (Å²) in [4.78, 5) is 40.8. The molecule has 0 aliphatic carbocycles. The molecule has 0 saturated heterocycles. The summed E-state index contributed by atoms with van der Waals surface area (Å²) in [5, 5.41) is 11.9. The Morgan fingerprint density at radius 1 is 1.14 bits per heavy atom. The molecule has 150 valence electrons. The molecule has 3 aromatic rings. The van der Waals surface area contributed by atoms with Crippen LogP contribution in [0.3, 0.4) is 0 Å². The van der Waals surface area contributed by atoms with Crippen molar-refractivity contribution in [3.8, 4) is 0 Å². The van der Waals surface area contributed by atoms with Crippen molar-refractivity contribution in [3.63, 3.8) is 0 Å². The van der Waals surface area contributed by atoms with Crippen LogP contribution in [0.1, 0.15) is 42.3 Å². The average Bonchev–Trinajstić information content (AvgIpc) is 2.65. The standard InChI is InChI=1S/C22H23N3O4/c1-14-8-9-15-11-17(20(26)23-19(15)10-14)13-24(22(2,3)4)21(27)16-6-5-7-18(12-16)25(28)29/h5-12H,13H2,1-4H3,(H,23,26).